The number of rotatable bonds is 5. The van der Waals surface area contributed by atoms with Crippen LogP contribution in [0.2, 0.25) is 0 Å². The lowest BCUT2D eigenvalue weighted by Crippen LogP contribution is -2.34. The highest BCUT2D eigenvalue weighted by Crippen LogP contribution is 2.17. The fraction of sp³-hybridized carbons (Fsp3) is 0.308. The van der Waals surface area contributed by atoms with Crippen LogP contribution < -0.4 is 5.32 Å². The van der Waals surface area contributed by atoms with E-state index in [1.165, 1.54) is 0 Å². The van der Waals surface area contributed by atoms with Crippen LogP contribution in [-0.2, 0) is 20.7 Å². The molecule has 100 valence electrons. The summed E-state index contributed by atoms with van der Waals surface area (Å²) in [4.78, 5) is 33.4. The molecule has 1 unspecified atom stereocenters. The number of carbonyl (C=O) groups is 3. The van der Waals surface area contributed by atoms with E-state index >= 15 is 0 Å². The van der Waals surface area contributed by atoms with Gasteiger partial charge in [0.05, 0.1) is 5.92 Å². The summed E-state index contributed by atoms with van der Waals surface area (Å²) in [7, 11) is 0. The first-order valence-corrected chi connectivity index (χ1v) is 5.85. The van der Waals surface area contributed by atoms with Crippen molar-refractivity contribution in [2.24, 2.45) is 5.92 Å². The minimum atomic E-state index is -1.00. The smallest absolute Gasteiger partial charge is 0.415 e. The van der Waals surface area contributed by atoms with Gasteiger partial charge < -0.3 is 15.2 Å². The van der Waals surface area contributed by atoms with Gasteiger partial charge in [-0.05, 0) is 18.4 Å². The average molecular weight is 263 g/mol. The van der Waals surface area contributed by atoms with Crippen molar-refractivity contribution in [1.29, 1.82) is 0 Å². The number of ether oxygens (including phenoxy) is 1. The lowest BCUT2D eigenvalue weighted by Gasteiger charge is -2.14. The molecule has 0 bridgehead atoms. The predicted octanol–water partition coefficient (Wildman–Crippen LogP) is 0.955. The number of amides is 1. The molecule has 6 nitrogen and oxygen atoms in total. The van der Waals surface area contributed by atoms with Crippen molar-refractivity contribution in [3.8, 4) is 0 Å². The topological polar surface area (TPSA) is 92.7 Å². The van der Waals surface area contributed by atoms with Crippen LogP contribution in [0.4, 0.5) is 4.79 Å². The molecule has 1 aliphatic rings. The first kappa shape index (κ1) is 13.1. The summed E-state index contributed by atoms with van der Waals surface area (Å²) in [5.41, 5.74) is 0.868. The SMILES string of the molecule is O=C1NC(C[C@H](Cc2ccccc2)C(=O)O)C(=O)O1. The number of carboxylic acid groups (broad SMARTS) is 1. The summed E-state index contributed by atoms with van der Waals surface area (Å²) >= 11 is 0. The number of benzene rings is 1. The summed E-state index contributed by atoms with van der Waals surface area (Å²) in [6, 6.07) is 8.24. The second-order valence-corrected chi connectivity index (χ2v) is 4.37. The number of carbonyl (C=O) groups excluding carboxylic acids is 2. The third-order valence-corrected chi connectivity index (χ3v) is 2.96. The summed E-state index contributed by atoms with van der Waals surface area (Å²) in [6.07, 6.45) is -0.496. The third kappa shape index (κ3) is 3.31. The van der Waals surface area contributed by atoms with Crippen molar-refractivity contribution in [3.63, 3.8) is 0 Å². The van der Waals surface area contributed by atoms with Gasteiger partial charge >= 0.3 is 18.0 Å². The van der Waals surface area contributed by atoms with Gasteiger partial charge in [0.15, 0.2) is 0 Å². The molecule has 19 heavy (non-hydrogen) atoms. The van der Waals surface area contributed by atoms with Crippen molar-refractivity contribution in [1.82, 2.24) is 5.32 Å². The molecule has 1 aromatic rings. The van der Waals surface area contributed by atoms with Crippen LogP contribution in [0.1, 0.15) is 12.0 Å². The molecule has 0 saturated carbocycles. The maximum atomic E-state index is 11.3. The van der Waals surface area contributed by atoms with Gasteiger partial charge in [-0.2, -0.15) is 0 Å². The predicted molar refractivity (Wildman–Crippen MR) is 64.3 cm³/mol. The van der Waals surface area contributed by atoms with E-state index in [0.29, 0.717) is 6.42 Å². The number of cyclic esters (lactones) is 2. The number of hydrogen-bond donors (Lipinski definition) is 2. The Morgan fingerprint density at radius 2 is 2.00 bits per heavy atom. The van der Waals surface area contributed by atoms with Crippen molar-refractivity contribution in [2.45, 2.75) is 18.9 Å². The molecular formula is C13H13NO5. The quantitative estimate of drug-likeness (QED) is 0.609. The highest BCUT2D eigenvalue weighted by atomic mass is 16.6. The molecule has 0 spiro atoms. The summed E-state index contributed by atoms with van der Waals surface area (Å²) in [5.74, 6) is -2.47. The van der Waals surface area contributed by atoms with Crippen molar-refractivity contribution in [2.75, 3.05) is 0 Å². The molecule has 0 aliphatic carbocycles. The van der Waals surface area contributed by atoms with E-state index < -0.39 is 30.0 Å². The van der Waals surface area contributed by atoms with Crippen LogP contribution in [0.15, 0.2) is 30.3 Å². The van der Waals surface area contributed by atoms with E-state index in [0.717, 1.165) is 5.56 Å². The van der Waals surface area contributed by atoms with Crippen LogP contribution in [0.5, 0.6) is 0 Å². The molecule has 1 aromatic carbocycles. The minimum Gasteiger partial charge on any atom is -0.481 e. The second-order valence-electron chi connectivity index (χ2n) is 4.37. The molecule has 1 saturated heterocycles. The number of carboxylic acids is 1. The highest BCUT2D eigenvalue weighted by Gasteiger charge is 2.36. The molecule has 0 aromatic heterocycles. The number of aliphatic carboxylic acids is 1. The Kier molecular flexibility index (Phi) is 3.79. The first-order chi connectivity index (χ1) is 9.06. The minimum absolute atomic E-state index is 0.0226. The Balaban J connectivity index is 2.03. The maximum absolute atomic E-state index is 11.3. The third-order valence-electron chi connectivity index (χ3n) is 2.96. The van der Waals surface area contributed by atoms with Crippen molar-refractivity contribution >= 4 is 18.0 Å². The molecule has 6 heteroatoms. The van der Waals surface area contributed by atoms with Crippen LogP contribution in [0.25, 0.3) is 0 Å². The average Bonchev–Trinajstić information content (AvgIpc) is 2.68. The molecular weight excluding hydrogens is 250 g/mol. The zero-order valence-electron chi connectivity index (χ0n) is 10.0. The van der Waals surface area contributed by atoms with Crippen LogP contribution in [-0.4, -0.2) is 29.2 Å². The Bertz CT molecular complexity index is 499. The van der Waals surface area contributed by atoms with E-state index in [2.05, 4.69) is 10.1 Å². The van der Waals surface area contributed by atoms with Crippen molar-refractivity contribution in [3.05, 3.63) is 35.9 Å². The molecule has 1 heterocycles. The number of esters is 1. The Labute approximate surface area is 109 Å². The van der Waals surface area contributed by atoms with E-state index in [4.69, 9.17) is 0 Å². The van der Waals surface area contributed by atoms with Gasteiger partial charge in [-0.25, -0.2) is 9.59 Å². The van der Waals surface area contributed by atoms with Gasteiger partial charge in [-0.1, -0.05) is 30.3 Å². The van der Waals surface area contributed by atoms with Gasteiger partial charge in [0.25, 0.3) is 0 Å². The van der Waals surface area contributed by atoms with E-state index in [9.17, 15) is 19.5 Å². The van der Waals surface area contributed by atoms with Crippen LogP contribution >= 0.6 is 0 Å². The van der Waals surface area contributed by atoms with Gasteiger partial charge in [0.1, 0.15) is 6.04 Å². The number of alkyl carbamates (subject to hydrolysis) is 1. The van der Waals surface area contributed by atoms with Gasteiger partial charge in [0, 0.05) is 0 Å². The summed E-state index contributed by atoms with van der Waals surface area (Å²) in [6.45, 7) is 0. The lowest BCUT2D eigenvalue weighted by molar-refractivity contribution is -0.142. The van der Waals surface area contributed by atoms with Crippen LogP contribution in [0, 0.1) is 5.92 Å². The zero-order valence-corrected chi connectivity index (χ0v) is 10.0. The Morgan fingerprint density at radius 3 is 2.53 bits per heavy atom. The molecule has 0 radical (unpaired) electrons. The molecule has 2 rings (SSSR count). The van der Waals surface area contributed by atoms with Gasteiger partial charge in [0.2, 0.25) is 0 Å². The molecule has 2 N–H and O–H groups in total. The van der Waals surface area contributed by atoms with Gasteiger partial charge in [-0.3, -0.25) is 4.79 Å². The highest BCUT2D eigenvalue weighted by molar-refractivity contribution is 5.95. The van der Waals surface area contributed by atoms with E-state index in [-0.39, 0.29) is 6.42 Å². The van der Waals surface area contributed by atoms with E-state index in [1.807, 2.05) is 30.3 Å². The van der Waals surface area contributed by atoms with Crippen molar-refractivity contribution < 1.29 is 24.2 Å². The largest absolute Gasteiger partial charge is 0.481 e. The molecule has 2 atom stereocenters. The lowest BCUT2D eigenvalue weighted by atomic mass is 9.93. The normalized spacial score (nSPS) is 19.7. The number of nitrogens with one attached hydrogen (secondary N) is 1. The first-order valence-electron chi connectivity index (χ1n) is 5.85. The second kappa shape index (κ2) is 5.51. The maximum Gasteiger partial charge on any atom is 0.415 e. The number of hydrogen-bond acceptors (Lipinski definition) is 4. The Hall–Kier alpha value is -2.37. The summed E-state index contributed by atoms with van der Waals surface area (Å²) < 4.78 is 4.32. The van der Waals surface area contributed by atoms with Crippen LogP contribution in [0.3, 0.4) is 0 Å². The molecule has 1 aliphatic heterocycles. The zero-order chi connectivity index (χ0) is 13.8. The fourth-order valence-corrected chi connectivity index (χ4v) is 2.00. The molecule has 1 amide bonds. The standard InChI is InChI=1S/C13H13NO5/c15-11(16)9(6-8-4-2-1-3-5-8)7-10-12(17)19-13(18)14-10/h1-5,9-10H,6-7H2,(H,14,18)(H,15,16)/t9-,10?/m0/s1. The van der Waals surface area contributed by atoms with E-state index in [1.54, 1.807) is 0 Å². The summed E-state index contributed by atoms with van der Waals surface area (Å²) in [5, 5.41) is 11.5. The Morgan fingerprint density at radius 1 is 1.32 bits per heavy atom. The monoisotopic (exact) mass is 263 g/mol. The fourth-order valence-electron chi connectivity index (χ4n) is 2.00. The molecule has 1 fully saturated rings. The van der Waals surface area contributed by atoms with Gasteiger partial charge in [-0.15, -0.1) is 0 Å².